The Bertz CT molecular complexity index is 1330. The molecule has 1 heterocycles. The van der Waals surface area contributed by atoms with Crippen LogP contribution in [0.2, 0.25) is 0 Å². The molecule has 1 aliphatic rings. The average Bonchev–Trinajstić information content (AvgIpc) is 3.45. The van der Waals surface area contributed by atoms with Crippen LogP contribution in [-0.4, -0.2) is 23.7 Å². The minimum atomic E-state index is -4.80. The number of amides is 1. The van der Waals surface area contributed by atoms with Crippen molar-refractivity contribution in [2.45, 2.75) is 63.1 Å². The summed E-state index contributed by atoms with van der Waals surface area (Å²) in [5.74, 6) is -0.818. The molecule has 0 bridgehead atoms. The molecule has 5 nitrogen and oxygen atoms in total. The number of nitriles is 1. The topological polar surface area (TPSA) is 78.1 Å². The zero-order chi connectivity index (χ0) is 26.5. The van der Waals surface area contributed by atoms with E-state index in [9.17, 15) is 36.4 Å². The van der Waals surface area contributed by atoms with Crippen LogP contribution < -0.4 is 10.6 Å². The second-order valence-electron chi connectivity index (χ2n) is 9.57. The van der Waals surface area contributed by atoms with E-state index in [-0.39, 0.29) is 39.8 Å². The van der Waals surface area contributed by atoms with Crippen molar-refractivity contribution in [3.63, 3.8) is 0 Å². The van der Waals surface area contributed by atoms with Crippen molar-refractivity contribution in [1.29, 1.82) is 5.26 Å². The van der Waals surface area contributed by atoms with E-state index in [4.69, 9.17) is 4.42 Å². The Balaban J connectivity index is 1.69. The highest BCUT2D eigenvalue weighted by Crippen LogP contribution is 2.39. The summed E-state index contributed by atoms with van der Waals surface area (Å²) in [5.41, 5.74) is -2.10. The zero-order valence-corrected chi connectivity index (χ0v) is 19.3. The number of nitrogens with zero attached hydrogens (tertiary/aromatic N) is 1. The highest BCUT2D eigenvalue weighted by molar-refractivity contribution is 6.05. The lowest BCUT2D eigenvalue weighted by Gasteiger charge is -2.29. The summed E-state index contributed by atoms with van der Waals surface area (Å²) >= 11 is 0. The molecule has 2 N–H and O–H groups in total. The van der Waals surface area contributed by atoms with Crippen LogP contribution in [0.25, 0.3) is 21.9 Å². The van der Waals surface area contributed by atoms with Gasteiger partial charge in [-0.05, 0) is 55.0 Å². The van der Waals surface area contributed by atoms with Crippen molar-refractivity contribution in [3.05, 3.63) is 47.5 Å². The number of halogens is 6. The Morgan fingerprint density at radius 2 is 1.75 bits per heavy atom. The third-order valence-electron chi connectivity index (χ3n) is 6.20. The molecule has 192 valence electrons. The van der Waals surface area contributed by atoms with Crippen LogP contribution in [0.15, 0.2) is 40.8 Å². The summed E-state index contributed by atoms with van der Waals surface area (Å²) in [7, 11) is 0. The van der Waals surface area contributed by atoms with Crippen molar-refractivity contribution in [2.75, 3.05) is 0 Å². The molecule has 0 saturated heterocycles. The van der Waals surface area contributed by atoms with E-state index in [0.717, 1.165) is 30.3 Å². The third kappa shape index (κ3) is 5.28. The summed E-state index contributed by atoms with van der Waals surface area (Å²) in [6.07, 6.45) is -8.42. The number of nitrogens with one attached hydrogen (secondary N) is 2. The molecular formula is C25H23F6N3O2. The van der Waals surface area contributed by atoms with Gasteiger partial charge in [-0.15, -0.1) is 0 Å². The number of rotatable bonds is 7. The number of carbonyl (C=O) groups is 1. The number of fused-ring (bicyclic) bond motifs is 3. The first-order chi connectivity index (χ1) is 16.7. The zero-order valence-electron chi connectivity index (χ0n) is 19.3. The van der Waals surface area contributed by atoms with Crippen LogP contribution >= 0.6 is 0 Å². The summed E-state index contributed by atoms with van der Waals surface area (Å²) in [6, 6.07) is 4.92. The molecule has 0 radical (unpaired) electrons. The molecule has 2 aromatic carbocycles. The fourth-order valence-electron chi connectivity index (χ4n) is 4.17. The highest BCUT2D eigenvalue weighted by atomic mass is 19.4. The second-order valence-corrected chi connectivity index (χ2v) is 9.57. The predicted octanol–water partition coefficient (Wildman–Crippen LogP) is 6.38. The van der Waals surface area contributed by atoms with E-state index in [0.29, 0.717) is 12.8 Å². The van der Waals surface area contributed by atoms with E-state index in [2.05, 4.69) is 10.6 Å². The van der Waals surface area contributed by atoms with Crippen molar-refractivity contribution in [3.8, 4) is 6.07 Å². The van der Waals surface area contributed by atoms with Gasteiger partial charge in [-0.3, -0.25) is 10.1 Å². The average molecular weight is 511 g/mol. The lowest BCUT2D eigenvalue weighted by molar-refractivity contribution is -0.161. The van der Waals surface area contributed by atoms with Gasteiger partial charge in [-0.1, -0.05) is 26.0 Å². The van der Waals surface area contributed by atoms with Crippen LogP contribution in [-0.2, 0) is 11.0 Å². The van der Waals surface area contributed by atoms with Crippen molar-refractivity contribution in [2.24, 2.45) is 5.92 Å². The Kier molecular flexibility index (Phi) is 6.45. The first-order valence-corrected chi connectivity index (χ1v) is 11.3. The first-order valence-electron chi connectivity index (χ1n) is 11.3. The molecule has 1 aromatic heterocycles. The molecule has 11 heteroatoms. The van der Waals surface area contributed by atoms with Gasteiger partial charge in [0.05, 0.1) is 17.7 Å². The van der Waals surface area contributed by atoms with Gasteiger partial charge in [0.2, 0.25) is 5.91 Å². The summed E-state index contributed by atoms with van der Waals surface area (Å²) in [6.45, 7) is 3.52. The first kappa shape index (κ1) is 25.8. The molecular weight excluding hydrogens is 488 g/mol. The number of furan rings is 1. The molecule has 1 saturated carbocycles. The van der Waals surface area contributed by atoms with Crippen molar-refractivity contribution < 1.29 is 35.6 Å². The van der Waals surface area contributed by atoms with Crippen molar-refractivity contribution >= 4 is 27.8 Å². The van der Waals surface area contributed by atoms with Gasteiger partial charge in [0.1, 0.15) is 22.7 Å². The van der Waals surface area contributed by atoms with Gasteiger partial charge in [0.15, 0.2) is 0 Å². The number of hydrogen-bond acceptors (Lipinski definition) is 4. The SMILES string of the molecule is CC(C)C[C@H](N[C@H](c1ccc2c(c1)oc1ccc(C(F)(F)F)cc12)C(F)(F)F)C(=O)NC1(C#N)CC1. The minimum Gasteiger partial charge on any atom is -0.456 e. The Hall–Kier alpha value is -3.26. The maximum Gasteiger partial charge on any atom is 0.416 e. The lowest BCUT2D eigenvalue weighted by atomic mass is 9.98. The molecule has 1 fully saturated rings. The highest BCUT2D eigenvalue weighted by Gasteiger charge is 2.47. The number of benzene rings is 2. The molecule has 1 aliphatic carbocycles. The monoisotopic (exact) mass is 511 g/mol. The third-order valence-corrected chi connectivity index (χ3v) is 6.20. The Morgan fingerprint density at radius 3 is 2.31 bits per heavy atom. The standard InChI is InChI=1S/C25H23F6N3O2/c1-13(2)9-18(22(35)34-23(12-32)7-8-23)33-21(25(29,30)31)14-3-5-16-17-11-15(24(26,27)28)4-6-19(17)36-20(16)10-14/h3-6,10-11,13,18,21,33H,7-9H2,1-2H3,(H,34,35)/t18-,21+/m0/s1. The van der Waals surface area contributed by atoms with E-state index in [1.165, 1.54) is 6.07 Å². The van der Waals surface area contributed by atoms with Gasteiger partial charge in [-0.2, -0.15) is 31.6 Å². The maximum absolute atomic E-state index is 14.2. The van der Waals surface area contributed by atoms with E-state index in [1.54, 1.807) is 13.8 Å². The maximum atomic E-state index is 14.2. The largest absolute Gasteiger partial charge is 0.456 e. The molecule has 0 aliphatic heterocycles. The molecule has 0 unspecified atom stereocenters. The molecule has 2 atom stereocenters. The van der Waals surface area contributed by atoms with Gasteiger partial charge in [0.25, 0.3) is 0 Å². The van der Waals surface area contributed by atoms with Crippen molar-refractivity contribution in [1.82, 2.24) is 10.6 Å². The van der Waals surface area contributed by atoms with Crippen LogP contribution in [0.1, 0.15) is 50.3 Å². The van der Waals surface area contributed by atoms with E-state index >= 15 is 0 Å². The van der Waals surface area contributed by atoms with E-state index < -0.39 is 41.4 Å². The molecule has 0 spiro atoms. The minimum absolute atomic E-state index is 0.0100. The molecule has 4 rings (SSSR count). The van der Waals surface area contributed by atoms with Gasteiger partial charge in [-0.25, -0.2) is 0 Å². The van der Waals surface area contributed by atoms with Crippen LogP contribution in [0.4, 0.5) is 26.3 Å². The van der Waals surface area contributed by atoms with Crippen LogP contribution in [0.3, 0.4) is 0 Å². The van der Waals surface area contributed by atoms with E-state index in [1.807, 2.05) is 6.07 Å². The summed E-state index contributed by atoms with van der Waals surface area (Å²) in [5, 5.41) is 14.6. The van der Waals surface area contributed by atoms with Crippen LogP contribution in [0.5, 0.6) is 0 Å². The number of carbonyl (C=O) groups excluding carboxylic acids is 1. The number of alkyl halides is 6. The number of hydrogen-bond donors (Lipinski definition) is 2. The Morgan fingerprint density at radius 1 is 1.06 bits per heavy atom. The normalized spacial score (nSPS) is 17.2. The smallest absolute Gasteiger partial charge is 0.416 e. The fourth-order valence-corrected chi connectivity index (χ4v) is 4.17. The molecule has 36 heavy (non-hydrogen) atoms. The van der Waals surface area contributed by atoms with Crippen LogP contribution in [0, 0.1) is 17.2 Å². The summed E-state index contributed by atoms with van der Waals surface area (Å²) in [4.78, 5) is 12.8. The van der Waals surface area contributed by atoms with Gasteiger partial charge < -0.3 is 9.73 Å². The predicted molar refractivity (Wildman–Crippen MR) is 120 cm³/mol. The lowest BCUT2D eigenvalue weighted by Crippen LogP contribution is -2.52. The summed E-state index contributed by atoms with van der Waals surface area (Å²) < 4.78 is 87.4. The van der Waals surface area contributed by atoms with Gasteiger partial charge in [0, 0.05) is 10.8 Å². The molecule has 3 aromatic rings. The second kappa shape index (κ2) is 9.00. The van der Waals surface area contributed by atoms with Gasteiger partial charge >= 0.3 is 12.4 Å². The molecule has 1 amide bonds. The Labute approximate surface area is 202 Å². The quantitative estimate of drug-likeness (QED) is 0.361. The fraction of sp³-hybridized carbons (Fsp3) is 0.440.